The third-order valence-electron chi connectivity index (χ3n) is 5.51. The van der Waals surface area contributed by atoms with Crippen LogP contribution < -0.4 is 23.8 Å². The molecule has 1 fully saturated rings. The molecule has 8 nitrogen and oxygen atoms in total. The second-order valence-electron chi connectivity index (χ2n) is 7.47. The van der Waals surface area contributed by atoms with Crippen LogP contribution in [0, 0.1) is 0 Å². The molecular formula is C21H27N3O5S. The molecule has 1 atom stereocenters. The van der Waals surface area contributed by atoms with Crippen LogP contribution in [0.3, 0.4) is 0 Å². The second kappa shape index (κ2) is 8.71. The summed E-state index contributed by atoms with van der Waals surface area (Å²) in [5, 5.41) is 0. The predicted octanol–water partition coefficient (Wildman–Crippen LogP) is 1.84. The Morgan fingerprint density at radius 2 is 1.73 bits per heavy atom. The maximum Gasteiger partial charge on any atom is 0.231 e. The van der Waals surface area contributed by atoms with E-state index < -0.39 is 10.0 Å². The fraction of sp³-hybridized carbons (Fsp3) is 0.429. The monoisotopic (exact) mass is 433 g/mol. The summed E-state index contributed by atoms with van der Waals surface area (Å²) in [6.45, 7) is 3.86. The molecule has 2 aromatic carbocycles. The highest BCUT2D eigenvalue weighted by atomic mass is 32.2. The topological polar surface area (TPSA) is 80.3 Å². The van der Waals surface area contributed by atoms with Crippen molar-refractivity contribution in [2.24, 2.45) is 0 Å². The Morgan fingerprint density at radius 3 is 2.40 bits per heavy atom. The molecule has 30 heavy (non-hydrogen) atoms. The van der Waals surface area contributed by atoms with Crippen molar-refractivity contribution in [3.05, 3.63) is 48.0 Å². The van der Waals surface area contributed by atoms with E-state index in [1.165, 1.54) is 6.26 Å². The van der Waals surface area contributed by atoms with Crippen LogP contribution in [-0.2, 0) is 10.0 Å². The van der Waals surface area contributed by atoms with Crippen molar-refractivity contribution >= 4 is 15.7 Å². The number of benzene rings is 2. The molecule has 0 unspecified atom stereocenters. The van der Waals surface area contributed by atoms with Crippen LogP contribution in [0.25, 0.3) is 0 Å². The first-order chi connectivity index (χ1) is 14.4. The number of piperazine rings is 1. The third-order valence-corrected chi connectivity index (χ3v) is 6.20. The minimum Gasteiger partial charge on any atom is -0.497 e. The van der Waals surface area contributed by atoms with Crippen molar-refractivity contribution in [1.82, 2.24) is 9.62 Å². The number of nitrogens with one attached hydrogen (secondary N) is 1. The molecule has 162 valence electrons. The molecule has 2 aliphatic rings. The average Bonchev–Trinajstić information content (AvgIpc) is 3.22. The Balaban J connectivity index is 1.48. The largest absolute Gasteiger partial charge is 0.497 e. The number of ether oxygens (including phenoxy) is 3. The minimum atomic E-state index is -3.29. The summed E-state index contributed by atoms with van der Waals surface area (Å²) in [5.74, 6) is 2.26. The van der Waals surface area contributed by atoms with Crippen LogP contribution >= 0.6 is 0 Å². The fourth-order valence-electron chi connectivity index (χ4n) is 3.89. The Bertz CT molecular complexity index is 973. The molecule has 1 N–H and O–H groups in total. The van der Waals surface area contributed by atoms with Gasteiger partial charge >= 0.3 is 0 Å². The number of nitrogens with zero attached hydrogens (tertiary/aromatic N) is 2. The van der Waals surface area contributed by atoms with Crippen molar-refractivity contribution in [1.29, 1.82) is 0 Å². The maximum atomic E-state index is 11.7. The van der Waals surface area contributed by atoms with Gasteiger partial charge in [-0.2, -0.15) is 0 Å². The lowest BCUT2D eigenvalue weighted by Gasteiger charge is -2.40. The molecule has 0 radical (unpaired) electrons. The third kappa shape index (κ3) is 4.80. The summed E-state index contributed by atoms with van der Waals surface area (Å²) >= 11 is 0. The molecule has 0 aliphatic carbocycles. The van der Waals surface area contributed by atoms with E-state index in [1.807, 2.05) is 30.3 Å². The zero-order valence-electron chi connectivity index (χ0n) is 17.2. The van der Waals surface area contributed by atoms with Crippen molar-refractivity contribution < 1.29 is 22.6 Å². The van der Waals surface area contributed by atoms with E-state index in [0.717, 1.165) is 48.9 Å². The van der Waals surface area contributed by atoms with E-state index in [0.29, 0.717) is 12.3 Å². The summed E-state index contributed by atoms with van der Waals surface area (Å²) < 4.78 is 42.3. The van der Waals surface area contributed by atoms with Crippen molar-refractivity contribution in [3.63, 3.8) is 0 Å². The first-order valence-corrected chi connectivity index (χ1v) is 11.8. The van der Waals surface area contributed by atoms with Gasteiger partial charge < -0.3 is 19.1 Å². The number of hydrogen-bond donors (Lipinski definition) is 1. The number of hydrogen-bond acceptors (Lipinski definition) is 7. The van der Waals surface area contributed by atoms with E-state index in [1.54, 1.807) is 7.11 Å². The van der Waals surface area contributed by atoms with Crippen LogP contribution in [0.1, 0.15) is 11.6 Å². The highest BCUT2D eigenvalue weighted by Gasteiger charge is 2.27. The van der Waals surface area contributed by atoms with E-state index in [9.17, 15) is 8.42 Å². The van der Waals surface area contributed by atoms with E-state index >= 15 is 0 Å². The van der Waals surface area contributed by atoms with Gasteiger partial charge in [0.25, 0.3) is 0 Å². The molecule has 9 heteroatoms. The molecule has 0 aromatic heterocycles. The molecule has 0 spiro atoms. The van der Waals surface area contributed by atoms with Crippen LogP contribution in [-0.4, -0.2) is 66.2 Å². The normalized spacial score (nSPS) is 17.7. The van der Waals surface area contributed by atoms with Gasteiger partial charge in [-0.25, -0.2) is 13.1 Å². The quantitative estimate of drug-likeness (QED) is 0.714. The first-order valence-electron chi connectivity index (χ1n) is 9.90. The molecular weight excluding hydrogens is 406 g/mol. The molecule has 0 bridgehead atoms. The zero-order valence-corrected chi connectivity index (χ0v) is 18.0. The van der Waals surface area contributed by atoms with Gasteiger partial charge in [-0.3, -0.25) is 4.90 Å². The summed E-state index contributed by atoms with van der Waals surface area (Å²) in [6.07, 6.45) is 1.19. The Morgan fingerprint density at radius 1 is 1.03 bits per heavy atom. The van der Waals surface area contributed by atoms with Crippen molar-refractivity contribution in [2.45, 2.75) is 6.04 Å². The Labute approximate surface area is 177 Å². The minimum absolute atomic E-state index is 0.0905. The summed E-state index contributed by atoms with van der Waals surface area (Å²) in [6, 6.07) is 13.8. The van der Waals surface area contributed by atoms with Gasteiger partial charge in [0.1, 0.15) is 5.75 Å². The van der Waals surface area contributed by atoms with Gasteiger partial charge in [0.15, 0.2) is 11.5 Å². The lowest BCUT2D eigenvalue weighted by molar-refractivity contribution is 0.173. The summed E-state index contributed by atoms with van der Waals surface area (Å²) in [4.78, 5) is 4.65. The average molecular weight is 434 g/mol. The van der Waals surface area contributed by atoms with Crippen molar-refractivity contribution in [2.75, 3.05) is 57.8 Å². The summed E-state index contributed by atoms with van der Waals surface area (Å²) in [5.41, 5.74) is 2.16. The molecule has 2 aromatic rings. The summed E-state index contributed by atoms with van der Waals surface area (Å²) in [7, 11) is -1.63. The Hall–Kier alpha value is -2.49. The predicted molar refractivity (Wildman–Crippen MR) is 115 cm³/mol. The van der Waals surface area contributed by atoms with Gasteiger partial charge in [-0.1, -0.05) is 6.07 Å². The SMILES string of the molecule is COc1ccc(N2CCN([C@H](CNS(C)(=O)=O)c3ccc4c(c3)OCO4)CC2)cc1. The number of anilines is 1. The highest BCUT2D eigenvalue weighted by Crippen LogP contribution is 2.36. The van der Waals surface area contributed by atoms with Gasteiger partial charge in [0.05, 0.1) is 13.4 Å². The first kappa shape index (κ1) is 20.8. The smallest absolute Gasteiger partial charge is 0.231 e. The van der Waals surface area contributed by atoms with Crippen LogP contribution in [0.15, 0.2) is 42.5 Å². The lowest BCUT2D eigenvalue weighted by atomic mass is 10.0. The van der Waals surface area contributed by atoms with Crippen LogP contribution in [0.4, 0.5) is 5.69 Å². The molecule has 2 aliphatic heterocycles. The number of sulfonamides is 1. The van der Waals surface area contributed by atoms with Gasteiger partial charge in [-0.15, -0.1) is 0 Å². The van der Waals surface area contributed by atoms with Crippen LogP contribution in [0.2, 0.25) is 0 Å². The van der Waals surface area contributed by atoms with E-state index in [4.69, 9.17) is 14.2 Å². The van der Waals surface area contributed by atoms with Crippen molar-refractivity contribution in [3.8, 4) is 17.2 Å². The fourth-order valence-corrected chi connectivity index (χ4v) is 4.35. The molecule has 0 saturated carbocycles. The molecule has 1 saturated heterocycles. The van der Waals surface area contributed by atoms with E-state index in [-0.39, 0.29) is 12.8 Å². The number of rotatable bonds is 7. The standard InChI is InChI=1S/C21H27N3O5S/c1-27-18-6-4-17(5-7-18)23-9-11-24(12-10-23)19(14-22-30(2,25)26)16-3-8-20-21(13-16)29-15-28-20/h3-8,13,19,22H,9-12,14-15H2,1-2H3/t19-/m1/s1. The highest BCUT2D eigenvalue weighted by molar-refractivity contribution is 7.88. The molecule has 4 rings (SSSR count). The number of fused-ring (bicyclic) bond motifs is 1. The van der Waals surface area contributed by atoms with Crippen LogP contribution in [0.5, 0.6) is 17.2 Å². The number of methoxy groups -OCH3 is 1. The lowest BCUT2D eigenvalue weighted by Crippen LogP contribution is -2.49. The second-order valence-corrected chi connectivity index (χ2v) is 9.30. The van der Waals surface area contributed by atoms with Gasteiger partial charge in [0, 0.05) is 44.5 Å². The van der Waals surface area contributed by atoms with E-state index in [2.05, 4.69) is 26.7 Å². The molecule has 0 amide bonds. The zero-order chi connectivity index (χ0) is 21.1. The van der Waals surface area contributed by atoms with Gasteiger partial charge in [0.2, 0.25) is 16.8 Å². The Kier molecular flexibility index (Phi) is 6.03. The van der Waals surface area contributed by atoms with Gasteiger partial charge in [-0.05, 0) is 42.0 Å². The maximum absolute atomic E-state index is 11.7. The molecule has 2 heterocycles.